The molecule has 17 heavy (non-hydrogen) atoms. The summed E-state index contributed by atoms with van der Waals surface area (Å²) in [5.74, 6) is 0. The molecular formula is C10H11BrN4OS. The predicted molar refractivity (Wildman–Crippen MR) is 66.7 cm³/mol. The van der Waals surface area contributed by atoms with E-state index < -0.39 is 5.60 Å². The molecule has 0 bridgehead atoms. The molecule has 0 unspecified atom stereocenters. The quantitative estimate of drug-likeness (QED) is 0.940. The van der Waals surface area contributed by atoms with Gasteiger partial charge >= 0.3 is 0 Å². The van der Waals surface area contributed by atoms with Gasteiger partial charge in [0.15, 0.2) is 3.92 Å². The second-order valence-corrected chi connectivity index (χ2v) is 6.41. The van der Waals surface area contributed by atoms with Gasteiger partial charge in [-0.25, -0.2) is 9.67 Å². The van der Waals surface area contributed by atoms with Gasteiger partial charge < -0.3 is 5.11 Å². The Labute approximate surface area is 111 Å². The molecule has 1 aliphatic carbocycles. The minimum atomic E-state index is -0.735. The van der Waals surface area contributed by atoms with Crippen molar-refractivity contribution in [2.45, 2.75) is 31.4 Å². The molecule has 1 saturated carbocycles. The summed E-state index contributed by atoms with van der Waals surface area (Å²) >= 11 is 4.87. The van der Waals surface area contributed by atoms with Crippen LogP contribution in [0.5, 0.6) is 0 Å². The number of hydrogen-bond acceptors (Lipinski definition) is 5. The fourth-order valence-corrected chi connectivity index (χ4v) is 2.92. The number of aromatic nitrogens is 4. The molecule has 1 aliphatic rings. The molecule has 1 fully saturated rings. The minimum Gasteiger partial charge on any atom is -0.383 e. The van der Waals surface area contributed by atoms with E-state index in [9.17, 15) is 5.11 Å². The van der Waals surface area contributed by atoms with Crippen molar-refractivity contribution in [3.8, 4) is 0 Å². The summed E-state index contributed by atoms with van der Waals surface area (Å²) in [5, 5.41) is 20.2. The molecule has 0 atom stereocenters. The zero-order valence-corrected chi connectivity index (χ0v) is 11.4. The highest BCUT2D eigenvalue weighted by Gasteiger charge is 2.38. The van der Waals surface area contributed by atoms with E-state index in [1.165, 1.54) is 0 Å². The van der Waals surface area contributed by atoms with Crippen LogP contribution in [0.2, 0.25) is 0 Å². The van der Waals surface area contributed by atoms with Gasteiger partial charge in [0.05, 0.1) is 18.4 Å². The van der Waals surface area contributed by atoms with Gasteiger partial charge in [0.1, 0.15) is 11.3 Å². The normalized spacial score (nSPS) is 18.0. The molecule has 2 aromatic heterocycles. The topological polar surface area (TPSA) is 63.8 Å². The van der Waals surface area contributed by atoms with Crippen LogP contribution in [0, 0.1) is 0 Å². The van der Waals surface area contributed by atoms with Crippen molar-refractivity contribution in [3.05, 3.63) is 26.9 Å². The lowest BCUT2D eigenvalue weighted by Gasteiger charge is -2.34. The number of aliphatic hydroxyl groups is 1. The summed E-state index contributed by atoms with van der Waals surface area (Å²) in [6.07, 6.45) is 4.44. The molecule has 2 heterocycles. The van der Waals surface area contributed by atoms with Crippen LogP contribution >= 0.6 is 27.3 Å². The number of rotatable bonds is 3. The van der Waals surface area contributed by atoms with Crippen LogP contribution in [-0.2, 0) is 12.1 Å². The van der Waals surface area contributed by atoms with Crippen molar-refractivity contribution in [1.29, 1.82) is 0 Å². The highest BCUT2D eigenvalue weighted by molar-refractivity contribution is 9.11. The number of hydrogen-bond donors (Lipinski definition) is 1. The molecule has 90 valence electrons. The average Bonchev–Trinajstić information content (AvgIpc) is 2.85. The predicted octanol–water partition coefficient (Wildman–Crippen LogP) is 1.92. The highest BCUT2D eigenvalue weighted by Crippen LogP contribution is 2.39. The number of nitrogens with zero attached hydrogens (tertiary/aromatic N) is 4. The molecule has 2 aromatic rings. The molecule has 0 spiro atoms. The van der Waals surface area contributed by atoms with Crippen LogP contribution in [0.25, 0.3) is 0 Å². The standard InChI is InChI=1S/C10H11BrN4OS/c11-9-12-7(6-17-9)4-15-5-8(13-14-15)10(16)2-1-3-10/h5-6,16H,1-4H2. The Morgan fingerprint density at radius 3 is 2.94 bits per heavy atom. The van der Waals surface area contributed by atoms with Crippen LogP contribution in [0.3, 0.4) is 0 Å². The second kappa shape index (κ2) is 4.15. The molecule has 0 aliphatic heterocycles. The maximum absolute atomic E-state index is 10.1. The molecule has 5 nitrogen and oxygen atoms in total. The minimum absolute atomic E-state index is 0.588. The van der Waals surface area contributed by atoms with E-state index in [2.05, 4.69) is 31.2 Å². The van der Waals surface area contributed by atoms with Gasteiger partial charge in [0.25, 0.3) is 0 Å². The van der Waals surface area contributed by atoms with Crippen molar-refractivity contribution in [2.24, 2.45) is 0 Å². The lowest BCUT2D eigenvalue weighted by atomic mass is 9.78. The third kappa shape index (κ3) is 2.14. The molecule has 3 rings (SSSR count). The van der Waals surface area contributed by atoms with Crippen molar-refractivity contribution >= 4 is 27.3 Å². The van der Waals surface area contributed by atoms with Crippen LogP contribution < -0.4 is 0 Å². The molecule has 0 aromatic carbocycles. The Balaban J connectivity index is 1.76. The van der Waals surface area contributed by atoms with Gasteiger partial charge in [-0.05, 0) is 35.2 Å². The SMILES string of the molecule is OC1(c2cn(Cc3csc(Br)n3)nn2)CCC1. The molecule has 1 N–H and O–H groups in total. The van der Waals surface area contributed by atoms with Crippen molar-refractivity contribution in [3.63, 3.8) is 0 Å². The van der Waals surface area contributed by atoms with Crippen LogP contribution in [-0.4, -0.2) is 25.1 Å². The van der Waals surface area contributed by atoms with Gasteiger partial charge in [-0.1, -0.05) is 5.21 Å². The number of thiazole rings is 1. The van der Waals surface area contributed by atoms with Crippen LogP contribution in [0.1, 0.15) is 30.7 Å². The Morgan fingerprint density at radius 2 is 2.35 bits per heavy atom. The van der Waals surface area contributed by atoms with Crippen molar-refractivity contribution in [1.82, 2.24) is 20.0 Å². The van der Waals surface area contributed by atoms with Crippen LogP contribution in [0.15, 0.2) is 15.5 Å². The van der Waals surface area contributed by atoms with E-state index in [0.717, 1.165) is 28.9 Å². The van der Waals surface area contributed by atoms with Gasteiger partial charge in [0.2, 0.25) is 0 Å². The van der Waals surface area contributed by atoms with E-state index >= 15 is 0 Å². The smallest absolute Gasteiger partial charge is 0.159 e. The zero-order valence-electron chi connectivity index (χ0n) is 9.01. The second-order valence-electron chi connectivity index (χ2n) is 4.28. The molecule has 0 radical (unpaired) electrons. The fourth-order valence-electron chi connectivity index (χ4n) is 1.88. The van der Waals surface area contributed by atoms with Gasteiger partial charge in [-0.15, -0.1) is 16.4 Å². The molecule has 7 heteroatoms. The first kappa shape index (κ1) is 11.3. The first-order valence-electron chi connectivity index (χ1n) is 5.39. The Morgan fingerprint density at radius 1 is 1.53 bits per heavy atom. The summed E-state index contributed by atoms with van der Waals surface area (Å²) < 4.78 is 2.58. The molecule has 0 saturated heterocycles. The van der Waals surface area contributed by atoms with E-state index in [4.69, 9.17) is 0 Å². The fraction of sp³-hybridized carbons (Fsp3) is 0.500. The van der Waals surface area contributed by atoms with E-state index in [1.807, 2.05) is 11.6 Å². The summed E-state index contributed by atoms with van der Waals surface area (Å²) in [6, 6.07) is 0. The van der Waals surface area contributed by atoms with E-state index in [-0.39, 0.29) is 0 Å². The van der Waals surface area contributed by atoms with Crippen molar-refractivity contribution in [2.75, 3.05) is 0 Å². The maximum Gasteiger partial charge on any atom is 0.159 e. The van der Waals surface area contributed by atoms with Gasteiger partial charge in [0, 0.05) is 5.38 Å². The number of halogens is 1. The molecular weight excluding hydrogens is 304 g/mol. The highest BCUT2D eigenvalue weighted by atomic mass is 79.9. The lowest BCUT2D eigenvalue weighted by Crippen LogP contribution is -2.34. The largest absolute Gasteiger partial charge is 0.383 e. The summed E-state index contributed by atoms with van der Waals surface area (Å²) in [6.45, 7) is 0.588. The Hall–Kier alpha value is -0.790. The monoisotopic (exact) mass is 314 g/mol. The van der Waals surface area contributed by atoms with Gasteiger partial charge in [-0.3, -0.25) is 0 Å². The maximum atomic E-state index is 10.1. The lowest BCUT2D eigenvalue weighted by molar-refractivity contribution is -0.0427. The van der Waals surface area contributed by atoms with Crippen LogP contribution in [0.4, 0.5) is 0 Å². The Kier molecular flexibility index (Phi) is 2.76. The molecule has 0 amide bonds. The third-order valence-electron chi connectivity index (χ3n) is 3.04. The van der Waals surface area contributed by atoms with E-state index in [1.54, 1.807) is 16.0 Å². The summed E-state index contributed by atoms with van der Waals surface area (Å²) in [4.78, 5) is 4.30. The van der Waals surface area contributed by atoms with E-state index in [0.29, 0.717) is 12.2 Å². The summed E-state index contributed by atoms with van der Waals surface area (Å²) in [5.41, 5.74) is 0.887. The third-order valence-corrected chi connectivity index (χ3v) is 4.46. The van der Waals surface area contributed by atoms with Gasteiger partial charge in [-0.2, -0.15) is 0 Å². The summed E-state index contributed by atoms with van der Waals surface area (Å²) in [7, 11) is 0. The Bertz CT molecular complexity index is 534. The van der Waals surface area contributed by atoms with Crippen molar-refractivity contribution < 1.29 is 5.11 Å². The zero-order chi connectivity index (χ0) is 11.9. The first-order chi connectivity index (χ1) is 8.16. The average molecular weight is 315 g/mol. The first-order valence-corrected chi connectivity index (χ1v) is 7.06.